The lowest BCUT2D eigenvalue weighted by atomic mass is 10.2. The Morgan fingerprint density at radius 3 is 2.76 bits per heavy atom. The van der Waals surface area contributed by atoms with E-state index in [1.807, 2.05) is 30.3 Å². The van der Waals surface area contributed by atoms with E-state index in [0.717, 1.165) is 18.4 Å². The average molecular weight is 307 g/mol. The number of aromatic nitrogens is 1. The molecule has 2 heterocycles. The highest BCUT2D eigenvalue weighted by Crippen LogP contribution is 2.20. The summed E-state index contributed by atoms with van der Waals surface area (Å²) in [6.45, 7) is 0.655. The molecule has 1 aliphatic rings. The summed E-state index contributed by atoms with van der Waals surface area (Å²) in [4.78, 5) is 4.25. The molecule has 0 N–H and O–H groups in total. The molecule has 0 amide bonds. The van der Waals surface area contributed by atoms with E-state index < -0.39 is 9.84 Å². The van der Waals surface area contributed by atoms with E-state index in [9.17, 15) is 8.42 Å². The van der Waals surface area contributed by atoms with E-state index in [1.165, 1.54) is 6.26 Å². The summed E-state index contributed by atoms with van der Waals surface area (Å²) < 4.78 is 35.0. The number of ether oxygens (including phenoxy) is 1. The first-order valence-corrected chi connectivity index (χ1v) is 8.76. The van der Waals surface area contributed by atoms with Crippen molar-refractivity contribution in [1.29, 1.82) is 0 Å². The minimum atomic E-state index is -3.23. The first-order valence-electron chi connectivity index (χ1n) is 6.94. The van der Waals surface area contributed by atoms with Gasteiger partial charge in [0.25, 0.3) is 0 Å². The normalized spacial score (nSPS) is 19.0. The second kappa shape index (κ2) is 5.99. The summed E-state index contributed by atoms with van der Waals surface area (Å²) >= 11 is 0. The predicted octanol–water partition coefficient (Wildman–Crippen LogP) is 2.44. The number of sulfone groups is 1. The standard InChI is InChI=1S/C15H17NO4S/c17-21(18,11-14-7-4-8-19-14)10-13-9-20-15(16-13)12-5-2-1-3-6-12/h1-3,5-6,9,14H,4,7-8,10-11H2. The van der Waals surface area contributed by atoms with Crippen LogP contribution in [0.25, 0.3) is 11.5 Å². The van der Waals surface area contributed by atoms with Gasteiger partial charge in [-0.05, 0) is 25.0 Å². The fourth-order valence-electron chi connectivity index (χ4n) is 2.43. The molecule has 1 atom stereocenters. The van der Waals surface area contributed by atoms with Gasteiger partial charge in [0.05, 0.1) is 23.3 Å². The van der Waals surface area contributed by atoms with Gasteiger partial charge in [0.2, 0.25) is 5.89 Å². The van der Waals surface area contributed by atoms with E-state index in [1.54, 1.807) is 0 Å². The average Bonchev–Trinajstić information content (AvgIpc) is 3.10. The maximum Gasteiger partial charge on any atom is 0.226 e. The molecule has 0 bridgehead atoms. The van der Waals surface area contributed by atoms with Gasteiger partial charge in [-0.2, -0.15) is 0 Å². The largest absolute Gasteiger partial charge is 0.444 e. The Labute approximate surface area is 123 Å². The van der Waals surface area contributed by atoms with Gasteiger partial charge >= 0.3 is 0 Å². The molecule has 6 heteroatoms. The molecule has 1 unspecified atom stereocenters. The first kappa shape index (κ1) is 14.3. The number of oxazole rings is 1. The van der Waals surface area contributed by atoms with Gasteiger partial charge in [-0.3, -0.25) is 0 Å². The van der Waals surface area contributed by atoms with Crippen LogP contribution in [0.1, 0.15) is 18.5 Å². The first-order chi connectivity index (χ1) is 10.1. The van der Waals surface area contributed by atoms with E-state index >= 15 is 0 Å². The smallest absolute Gasteiger partial charge is 0.226 e. The van der Waals surface area contributed by atoms with Crippen molar-refractivity contribution in [2.24, 2.45) is 0 Å². The van der Waals surface area contributed by atoms with Gasteiger partial charge in [-0.25, -0.2) is 13.4 Å². The highest BCUT2D eigenvalue weighted by Gasteiger charge is 2.24. The summed E-state index contributed by atoms with van der Waals surface area (Å²) in [7, 11) is -3.23. The molecular formula is C15H17NO4S. The topological polar surface area (TPSA) is 69.4 Å². The second-order valence-electron chi connectivity index (χ2n) is 5.20. The zero-order valence-corrected chi connectivity index (χ0v) is 12.4. The molecule has 0 spiro atoms. The van der Waals surface area contributed by atoms with Crippen LogP contribution in [0.5, 0.6) is 0 Å². The molecule has 21 heavy (non-hydrogen) atoms. The number of benzene rings is 1. The van der Waals surface area contributed by atoms with Gasteiger partial charge in [0.1, 0.15) is 6.26 Å². The highest BCUT2D eigenvalue weighted by molar-refractivity contribution is 7.90. The molecule has 1 fully saturated rings. The molecule has 1 aliphatic heterocycles. The van der Waals surface area contributed by atoms with Crippen LogP contribution in [0.15, 0.2) is 41.0 Å². The molecule has 5 nitrogen and oxygen atoms in total. The van der Waals surface area contributed by atoms with Gasteiger partial charge < -0.3 is 9.15 Å². The molecule has 1 saturated heterocycles. The summed E-state index contributed by atoms with van der Waals surface area (Å²) in [5, 5.41) is 0. The lowest BCUT2D eigenvalue weighted by molar-refractivity contribution is 0.127. The fraction of sp³-hybridized carbons (Fsp3) is 0.400. The SMILES string of the molecule is O=S(=O)(Cc1coc(-c2ccccc2)n1)CC1CCCO1. The van der Waals surface area contributed by atoms with E-state index in [-0.39, 0.29) is 17.6 Å². The number of hydrogen-bond donors (Lipinski definition) is 0. The summed E-state index contributed by atoms with van der Waals surface area (Å²) in [5.41, 5.74) is 1.27. The van der Waals surface area contributed by atoms with Crippen molar-refractivity contribution < 1.29 is 17.6 Å². The van der Waals surface area contributed by atoms with Crippen molar-refractivity contribution in [2.75, 3.05) is 12.4 Å². The van der Waals surface area contributed by atoms with Crippen LogP contribution in [0.3, 0.4) is 0 Å². The van der Waals surface area contributed by atoms with Crippen LogP contribution >= 0.6 is 0 Å². The molecule has 0 saturated carbocycles. The predicted molar refractivity (Wildman–Crippen MR) is 78.4 cm³/mol. The van der Waals surface area contributed by atoms with Crippen molar-refractivity contribution in [2.45, 2.75) is 24.7 Å². The molecule has 0 aliphatic carbocycles. The van der Waals surface area contributed by atoms with E-state index in [0.29, 0.717) is 18.2 Å². The van der Waals surface area contributed by atoms with Crippen LogP contribution < -0.4 is 0 Å². The van der Waals surface area contributed by atoms with Crippen molar-refractivity contribution in [3.63, 3.8) is 0 Å². The van der Waals surface area contributed by atoms with Crippen LogP contribution in [0, 0.1) is 0 Å². The molecule has 1 aromatic carbocycles. The molecule has 112 valence electrons. The van der Waals surface area contributed by atoms with Gasteiger partial charge in [-0.15, -0.1) is 0 Å². The zero-order valence-electron chi connectivity index (χ0n) is 11.6. The summed E-state index contributed by atoms with van der Waals surface area (Å²) in [5.74, 6) is 0.391. The number of hydrogen-bond acceptors (Lipinski definition) is 5. The third-order valence-corrected chi connectivity index (χ3v) is 5.02. The highest BCUT2D eigenvalue weighted by atomic mass is 32.2. The van der Waals surface area contributed by atoms with Crippen LogP contribution in [0.4, 0.5) is 0 Å². The maximum atomic E-state index is 12.1. The molecule has 0 radical (unpaired) electrons. The van der Waals surface area contributed by atoms with Crippen molar-refractivity contribution in [3.05, 3.63) is 42.3 Å². The quantitative estimate of drug-likeness (QED) is 0.848. The van der Waals surface area contributed by atoms with Gasteiger partial charge in [0.15, 0.2) is 9.84 Å². The molecular weight excluding hydrogens is 290 g/mol. The van der Waals surface area contributed by atoms with Crippen molar-refractivity contribution >= 4 is 9.84 Å². The molecule has 2 aromatic rings. The van der Waals surface area contributed by atoms with E-state index in [2.05, 4.69) is 4.98 Å². The minimum Gasteiger partial charge on any atom is -0.444 e. The molecule has 3 rings (SSSR count). The van der Waals surface area contributed by atoms with Crippen molar-refractivity contribution in [3.8, 4) is 11.5 Å². The van der Waals surface area contributed by atoms with Crippen LogP contribution in [0.2, 0.25) is 0 Å². The number of rotatable bonds is 5. The third kappa shape index (κ3) is 3.71. The minimum absolute atomic E-state index is 0.0561. The van der Waals surface area contributed by atoms with Gasteiger partial charge in [-0.1, -0.05) is 18.2 Å². The Morgan fingerprint density at radius 2 is 2.05 bits per heavy atom. The summed E-state index contributed by atoms with van der Waals surface area (Å²) in [6.07, 6.45) is 2.99. The zero-order chi connectivity index (χ0) is 14.7. The van der Waals surface area contributed by atoms with Crippen LogP contribution in [-0.4, -0.2) is 31.9 Å². The number of nitrogens with zero attached hydrogens (tertiary/aromatic N) is 1. The monoisotopic (exact) mass is 307 g/mol. The lowest BCUT2D eigenvalue weighted by Gasteiger charge is -2.08. The van der Waals surface area contributed by atoms with E-state index in [4.69, 9.17) is 9.15 Å². The molecule has 1 aromatic heterocycles. The third-order valence-electron chi connectivity index (χ3n) is 3.40. The Hall–Kier alpha value is -1.66. The summed E-state index contributed by atoms with van der Waals surface area (Å²) in [6, 6.07) is 9.41. The fourth-order valence-corrected chi connectivity index (χ4v) is 3.96. The Kier molecular flexibility index (Phi) is 4.07. The Balaban J connectivity index is 1.69. The van der Waals surface area contributed by atoms with Crippen LogP contribution in [-0.2, 0) is 20.3 Å². The second-order valence-corrected chi connectivity index (χ2v) is 7.31. The lowest BCUT2D eigenvalue weighted by Crippen LogP contribution is -2.21. The van der Waals surface area contributed by atoms with Gasteiger partial charge in [0, 0.05) is 12.2 Å². The Bertz CT molecular complexity index is 687. The Morgan fingerprint density at radius 1 is 1.24 bits per heavy atom. The maximum absolute atomic E-state index is 12.1. The van der Waals surface area contributed by atoms with Crippen molar-refractivity contribution in [1.82, 2.24) is 4.98 Å².